The molecule has 1 atom stereocenters. The first kappa shape index (κ1) is 25.8. The van der Waals surface area contributed by atoms with Crippen molar-refractivity contribution in [3.8, 4) is 11.1 Å². The fourth-order valence-corrected chi connectivity index (χ4v) is 5.15. The molecule has 0 spiro atoms. The van der Waals surface area contributed by atoms with Crippen LogP contribution in [0.3, 0.4) is 0 Å². The highest BCUT2D eigenvalue weighted by Crippen LogP contribution is 2.25. The van der Waals surface area contributed by atoms with Crippen molar-refractivity contribution in [1.29, 1.82) is 0 Å². The molecule has 8 nitrogen and oxygen atoms in total. The third kappa shape index (κ3) is 6.70. The fourth-order valence-electron chi connectivity index (χ4n) is 3.90. The van der Waals surface area contributed by atoms with Crippen molar-refractivity contribution in [2.45, 2.75) is 37.0 Å². The number of amides is 1. The molecule has 1 fully saturated rings. The number of aromatic nitrogens is 1. The second kappa shape index (κ2) is 11.7. The summed E-state index contributed by atoms with van der Waals surface area (Å²) < 4.78 is 33.0. The molecule has 36 heavy (non-hydrogen) atoms. The van der Waals surface area contributed by atoms with E-state index in [4.69, 9.17) is 9.57 Å². The lowest BCUT2D eigenvalue weighted by Gasteiger charge is -2.21. The van der Waals surface area contributed by atoms with Crippen LogP contribution < -0.4 is 5.48 Å². The smallest absolute Gasteiger partial charge is 0.267 e. The number of nitrogens with zero attached hydrogens (tertiary/aromatic N) is 2. The molecule has 1 aliphatic heterocycles. The molecule has 2 heterocycles. The Morgan fingerprint density at radius 1 is 1.14 bits per heavy atom. The normalized spacial score (nSPS) is 16.5. The number of ether oxygens (including phenoxy) is 1. The molecule has 1 aromatic heterocycles. The largest absolute Gasteiger partial charge is 0.350 e. The standard InChI is InChI=1S/C27H31N3O5S/c1-29(2)19-21-9-12-23(13-10-21)24-6-5-7-25(18-24)36(32,33)30-16-15-22(20-30)11-14-26(31)28-35-27-8-3-4-17-34-27/h5-7,9-16,18,20,27H,3-4,8,17,19H2,1-2H3,(H,28,31)/b14-11+. The van der Waals surface area contributed by atoms with Gasteiger partial charge in [0.2, 0.25) is 0 Å². The summed E-state index contributed by atoms with van der Waals surface area (Å²) in [5.41, 5.74) is 5.85. The first-order valence-electron chi connectivity index (χ1n) is 11.8. The first-order chi connectivity index (χ1) is 17.3. The van der Waals surface area contributed by atoms with Crippen LogP contribution in [0.4, 0.5) is 0 Å². The maximum atomic E-state index is 13.2. The van der Waals surface area contributed by atoms with Gasteiger partial charge in [-0.3, -0.25) is 4.79 Å². The van der Waals surface area contributed by atoms with Gasteiger partial charge in [-0.15, -0.1) is 0 Å². The predicted octanol–water partition coefficient (Wildman–Crippen LogP) is 4.04. The fraction of sp³-hybridized carbons (Fsp3) is 0.296. The Balaban J connectivity index is 1.43. The van der Waals surface area contributed by atoms with Gasteiger partial charge in [-0.2, -0.15) is 0 Å². The van der Waals surface area contributed by atoms with Crippen LogP contribution in [0.5, 0.6) is 0 Å². The molecule has 2 aromatic carbocycles. The van der Waals surface area contributed by atoms with Gasteiger partial charge in [-0.25, -0.2) is 22.7 Å². The monoisotopic (exact) mass is 509 g/mol. The minimum Gasteiger partial charge on any atom is -0.350 e. The highest BCUT2D eigenvalue weighted by molar-refractivity contribution is 7.90. The van der Waals surface area contributed by atoms with Crippen LogP contribution in [0, 0.1) is 0 Å². The summed E-state index contributed by atoms with van der Waals surface area (Å²) in [4.78, 5) is 19.5. The zero-order valence-corrected chi connectivity index (χ0v) is 21.3. The minimum atomic E-state index is -3.80. The molecule has 0 aliphatic carbocycles. The van der Waals surface area contributed by atoms with E-state index < -0.39 is 22.2 Å². The average Bonchev–Trinajstić information content (AvgIpc) is 3.37. The number of nitrogens with one attached hydrogen (secondary N) is 1. The maximum Gasteiger partial charge on any atom is 0.267 e. The van der Waals surface area contributed by atoms with Gasteiger partial charge in [0.1, 0.15) is 0 Å². The van der Waals surface area contributed by atoms with Crippen molar-refractivity contribution in [3.63, 3.8) is 0 Å². The number of hydroxylamine groups is 1. The molecular weight excluding hydrogens is 478 g/mol. The van der Waals surface area contributed by atoms with Gasteiger partial charge in [0, 0.05) is 38.0 Å². The van der Waals surface area contributed by atoms with Crippen molar-refractivity contribution < 1.29 is 22.8 Å². The first-order valence-corrected chi connectivity index (χ1v) is 13.3. The Kier molecular flexibility index (Phi) is 8.37. The molecule has 0 bridgehead atoms. The quantitative estimate of drug-likeness (QED) is 0.346. The van der Waals surface area contributed by atoms with Crippen LogP contribution in [0.15, 0.2) is 78.0 Å². The lowest BCUT2D eigenvalue weighted by Crippen LogP contribution is -2.32. The maximum absolute atomic E-state index is 13.2. The van der Waals surface area contributed by atoms with Gasteiger partial charge in [-0.1, -0.05) is 36.4 Å². The van der Waals surface area contributed by atoms with E-state index in [9.17, 15) is 13.2 Å². The molecular formula is C27H31N3O5S. The molecule has 1 N–H and O–H groups in total. The van der Waals surface area contributed by atoms with E-state index in [1.807, 2.05) is 44.4 Å². The third-order valence-corrected chi connectivity index (χ3v) is 7.37. The third-order valence-electron chi connectivity index (χ3n) is 5.74. The van der Waals surface area contributed by atoms with Gasteiger partial charge in [0.15, 0.2) is 6.29 Å². The van der Waals surface area contributed by atoms with Gasteiger partial charge in [0.05, 0.1) is 4.90 Å². The van der Waals surface area contributed by atoms with E-state index in [1.165, 1.54) is 30.1 Å². The number of carbonyl (C=O) groups excluding carboxylic acids is 1. The van der Waals surface area contributed by atoms with Gasteiger partial charge in [0.25, 0.3) is 15.9 Å². The Morgan fingerprint density at radius 3 is 2.67 bits per heavy atom. The Labute approximate surface area is 212 Å². The van der Waals surface area contributed by atoms with Crippen molar-refractivity contribution in [3.05, 3.63) is 84.2 Å². The molecule has 9 heteroatoms. The van der Waals surface area contributed by atoms with Crippen molar-refractivity contribution in [2.24, 2.45) is 0 Å². The molecule has 0 saturated carbocycles. The minimum absolute atomic E-state index is 0.183. The highest BCUT2D eigenvalue weighted by atomic mass is 32.2. The van der Waals surface area contributed by atoms with Gasteiger partial charge >= 0.3 is 0 Å². The summed E-state index contributed by atoms with van der Waals surface area (Å²) in [7, 11) is 0.229. The van der Waals surface area contributed by atoms with E-state index in [2.05, 4.69) is 10.4 Å². The molecule has 1 aliphatic rings. The number of hydrogen-bond donors (Lipinski definition) is 1. The van der Waals surface area contributed by atoms with Crippen molar-refractivity contribution >= 4 is 22.0 Å². The zero-order valence-electron chi connectivity index (χ0n) is 20.5. The molecule has 3 aromatic rings. The summed E-state index contributed by atoms with van der Waals surface area (Å²) in [6.07, 6.45) is 8.01. The molecule has 1 amide bonds. The summed E-state index contributed by atoms with van der Waals surface area (Å²) in [5, 5.41) is 0. The van der Waals surface area contributed by atoms with Crippen LogP contribution in [0.25, 0.3) is 17.2 Å². The van der Waals surface area contributed by atoms with E-state index in [0.717, 1.165) is 40.9 Å². The van der Waals surface area contributed by atoms with Crippen molar-refractivity contribution in [1.82, 2.24) is 14.4 Å². The van der Waals surface area contributed by atoms with Crippen LogP contribution in [0.1, 0.15) is 30.4 Å². The van der Waals surface area contributed by atoms with Crippen LogP contribution in [-0.4, -0.2) is 50.2 Å². The Hall–Kier alpha value is -3.24. The van der Waals surface area contributed by atoms with Crippen LogP contribution in [-0.2, 0) is 30.9 Å². The number of rotatable bonds is 9. The summed E-state index contributed by atoms with van der Waals surface area (Å²) in [6.45, 7) is 1.45. The number of hydrogen-bond acceptors (Lipinski definition) is 6. The van der Waals surface area contributed by atoms with E-state index in [0.29, 0.717) is 12.2 Å². The molecule has 1 saturated heterocycles. The number of carbonyl (C=O) groups is 1. The van der Waals surface area contributed by atoms with E-state index in [1.54, 1.807) is 24.3 Å². The second-order valence-corrected chi connectivity index (χ2v) is 10.8. The zero-order chi connectivity index (χ0) is 25.5. The van der Waals surface area contributed by atoms with E-state index >= 15 is 0 Å². The summed E-state index contributed by atoms with van der Waals surface area (Å²) in [6, 6.07) is 16.6. The number of benzene rings is 2. The highest BCUT2D eigenvalue weighted by Gasteiger charge is 2.18. The SMILES string of the molecule is CN(C)Cc1ccc(-c2cccc(S(=O)(=O)n3ccc(/C=C/C(=O)NOC4CCCCO4)c3)c2)cc1. The topological polar surface area (TPSA) is 89.9 Å². The van der Waals surface area contributed by atoms with E-state index in [-0.39, 0.29) is 4.90 Å². The molecule has 1 unspecified atom stereocenters. The summed E-state index contributed by atoms with van der Waals surface area (Å²) >= 11 is 0. The summed E-state index contributed by atoms with van der Waals surface area (Å²) in [5.74, 6) is -0.455. The van der Waals surface area contributed by atoms with Crippen molar-refractivity contribution in [2.75, 3.05) is 20.7 Å². The predicted molar refractivity (Wildman–Crippen MR) is 138 cm³/mol. The van der Waals surface area contributed by atoms with Crippen LogP contribution >= 0.6 is 0 Å². The van der Waals surface area contributed by atoms with Crippen LogP contribution in [0.2, 0.25) is 0 Å². The molecule has 190 valence electrons. The van der Waals surface area contributed by atoms with Gasteiger partial charge in [-0.05, 0) is 73.5 Å². The Bertz CT molecular complexity index is 1310. The van der Waals surface area contributed by atoms with Gasteiger partial charge < -0.3 is 9.64 Å². The molecule has 0 radical (unpaired) electrons. The molecule has 4 rings (SSSR count). The second-order valence-electron chi connectivity index (χ2n) is 8.96. The lowest BCUT2D eigenvalue weighted by molar-refractivity contribution is -0.198. The Morgan fingerprint density at radius 2 is 1.94 bits per heavy atom. The average molecular weight is 510 g/mol. The lowest BCUT2D eigenvalue weighted by atomic mass is 10.0.